The standard InChI is InChI=1S/C23H30/c1-4-7-12-17-23(5-2,6-3)22-20-15-10-8-13-18(20)19-14-9-11-16-21(19)22/h8-11,13-16,22H,4-7,12,17H2,1-3H3. The molecule has 0 unspecified atom stereocenters. The van der Waals surface area contributed by atoms with Crippen molar-refractivity contribution < 1.29 is 0 Å². The zero-order chi connectivity index (χ0) is 16.3. The fourth-order valence-corrected chi connectivity index (χ4v) is 4.70. The van der Waals surface area contributed by atoms with Crippen LogP contribution in [0.15, 0.2) is 48.5 Å². The molecular formula is C23H30. The second-order valence-corrected chi connectivity index (χ2v) is 7.13. The predicted octanol–water partition coefficient (Wildman–Crippen LogP) is 7.19. The zero-order valence-electron chi connectivity index (χ0n) is 14.9. The normalized spacial score (nSPS) is 13.9. The number of benzene rings is 2. The molecule has 2 aromatic rings. The van der Waals surface area contributed by atoms with Crippen LogP contribution < -0.4 is 0 Å². The molecule has 0 fully saturated rings. The van der Waals surface area contributed by atoms with Gasteiger partial charge in [-0.2, -0.15) is 0 Å². The van der Waals surface area contributed by atoms with Crippen molar-refractivity contribution in [2.24, 2.45) is 5.41 Å². The van der Waals surface area contributed by atoms with E-state index in [1.807, 2.05) is 0 Å². The third kappa shape index (κ3) is 2.73. The molecule has 0 N–H and O–H groups in total. The molecule has 3 rings (SSSR count). The van der Waals surface area contributed by atoms with E-state index in [0.29, 0.717) is 11.3 Å². The molecule has 23 heavy (non-hydrogen) atoms. The lowest BCUT2D eigenvalue weighted by molar-refractivity contribution is 0.200. The topological polar surface area (TPSA) is 0 Å². The SMILES string of the molecule is CCCCCC(CC)(CC)C1c2ccccc2-c2ccccc21. The van der Waals surface area contributed by atoms with Crippen molar-refractivity contribution in [3.8, 4) is 11.1 Å². The van der Waals surface area contributed by atoms with Crippen molar-refractivity contribution in [1.82, 2.24) is 0 Å². The molecule has 0 saturated carbocycles. The summed E-state index contributed by atoms with van der Waals surface area (Å²) in [6, 6.07) is 18.2. The molecule has 2 aromatic carbocycles. The van der Waals surface area contributed by atoms with Gasteiger partial charge < -0.3 is 0 Å². The third-order valence-electron chi connectivity index (χ3n) is 6.13. The summed E-state index contributed by atoms with van der Waals surface area (Å²) in [7, 11) is 0. The van der Waals surface area contributed by atoms with Crippen LogP contribution in [-0.2, 0) is 0 Å². The summed E-state index contributed by atoms with van der Waals surface area (Å²) in [5.74, 6) is 0.571. The lowest BCUT2D eigenvalue weighted by Gasteiger charge is -2.39. The fraction of sp³-hybridized carbons (Fsp3) is 0.478. The number of fused-ring (bicyclic) bond motifs is 3. The second kappa shape index (κ2) is 6.91. The van der Waals surface area contributed by atoms with Gasteiger partial charge in [-0.05, 0) is 46.9 Å². The molecule has 0 amide bonds. The van der Waals surface area contributed by atoms with Crippen molar-refractivity contribution >= 4 is 0 Å². The minimum absolute atomic E-state index is 0.401. The molecule has 122 valence electrons. The van der Waals surface area contributed by atoms with E-state index in [-0.39, 0.29) is 0 Å². The smallest absolute Gasteiger partial charge is 0.0158 e. The quantitative estimate of drug-likeness (QED) is 0.475. The Morgan fingerprint density at radius 2 is 1.26 bits per heavy atom. The van der Waals surface area contributed by atoms with E-state index in [0.717, 1.165) is 0 Å². The molecule has 0 heteroatoms. The van der Waals surface area contributed by atoms with Crippen molar-refractivity contribution in [3.63, 3.8) is 0 Å². The Balaban J connectivity index is 2.09. The van der Waals surface area contributed by atoms with Gasteiger partial charge >= 0.3 is 0 Å². The number of hydrogen-bond acceptors (Lipinski definition) is 0. The maximum Gasteiger partial charge on any atom is 0.0158 e. The van der Waals surface area contributed by atoms with Crippen LogP contribution in [-0.4, -0.2) is 0 Å². The van der Waals surface area contributed by atoms with Crippen LogP contribution >= 0.6 is 0 Å². The zero-order valence-corrected chi connectivity index (χ0v) is 14.9. The molecule has 0 radical (unpaired) electrons. The summed E-state index contributed by atoms with van der Waals surface area (Å²) in [6.07, 6.45) is 7.90. The predicted molar refractivity (Wildman–Crippen MR) is 101 cm³/mol. The third-order valence-corrected chi connectivity index (χ3v) is 6.13. The van der Waals surface area contributed by atoms with E-state index in [1.54, 1.807) is 11.1 Å². The Bertz CT molecular complexity index is 603. The fourth-order valence-electron chi connectivity index (χ4n) is 4.70. The molecule has 0 heterocycles. The van der Waals surface area contributed by atoms with Gasteiger partial charge in [-0.3, -0.25) is 0 Å². The van der Waals surface area contributed by atoms with Crippen LogP contribution in [0.1, 0.15) is 76.3 Å². The summed E-state index contributed by atoms with van der Waals surface area (Å²) >= 11 is 0. The molecule has 0 spiro atoms. The second-order valence-electron chi connectivity index (χ2n) is 7.13. The van der Waals surface area contributed by atoms with Crippen LogP contribution in [0.4, 0.5) is 0 Å². The van der Waals surface area contributed by atoms with Crippen LogP contribution in [0, 0.1) is 5.41 Å². The molecule has 1 aliphatic carbocycles. The summed E-state index contributed by atoms with van der Waals surface area (Å²) in [4.78, 5) is 0. The highest BCUT2D eigenvalue weighted by molar-refractivity contribution is 5.79. The van der Waals surface area contributed by atoms with Gasteiger partial charge in [0.2, 0.25) is 0 Å². The largest absolute Gasteiger partial charge is 0.0654 e. The first kappa shape index (κ1) is 16.3. The minimum atomic E-state index is 0.401. The average Bonchev–Trinajstić information content (AvgIpc) is 2.95. The molecule has 0 aromatic heterocycles. The van der Waals surface area contributed by atoms with E-state index < -0.39 is 0 Å². The summed E-state index contributed by atoms with van der Waals surface area (Å²) in [5.41, 5.74) is 6.46. The maximum atomic E-state index is 2.40. The lowest BCUT2D eigenvalue weighted by atomic mass is 9.64. The van der Waals surface area contributed by atoms with E-state index in [1.165, 1.54) is 49.7 Å². The molecule has 0 saturated heterocycles. The Labute approximate surface area is 141 Å². The van der Waals surface area contributed by atoms with Gasteiger partial charge in [0.1, 0.15) is 0 Å². The van der Waals surface area contributed by atoms with Gasteiger partial charge in [0.25, 0.3) is 0 Å². The van der Waals surface area contributed by atoms with Crippen LogP contribution in [0.25, 0.3) is 11.1 Å². The lowest BCUT2D eigenvalue weighted by Crippen LogP contribution is -2.27. The van der Waals surface area contributed by atoms with Crippen molar-refractivity contribution in [2.75, 3.05) is 0 Å². The van der Waals surface area contributed by atoms with Crippen molar-refractivity contribution in [3.05, 3.63) is 59.7 Å². The Kier molecular flexibility index (Phi) is 4.90. The van der Waals surface area contributed by atoms with Gasteiger partial charge in [0, 0.05) is 5.92 Å². The molecule has 0 bridgehead atoms. The first-order valence-electron chi connectivity index (χ1n) is 9.45. The van der Waals surface area contributed by atoms with Crippen LogP contribution in [0.2, 0.25) is 0 Å². The van der Waals surface area contributed by atoms with E-state index in [9.17, 15) is 0 Å². The van der Waals surface area contributed by atoms with Crippen molar-refractivity contribution in [2.45, 2.75) is 65.2 Å². The van der Waals surface area contributed by atoms with Crippen molar-refractivity contribution in [1.29, 1.82) is 0 Å². The highest BCUT2D eigenvalue weighted by Crippen LogP contribution is 2.57. The van der Waals surface area contributed by atoms with E-state index in [2.05, 4.69) is 69.3 Å². The monoisotopic (exact) mass is 306 g/mol. The Morgan fingerprint density at radius 1 is 0.739 bits per heavy atom. The first-order chi connectivity index (χ1) is 11.3. The molecule has 0 atom stereocenters. The summed E-state index contributed by atoms with van der Waals surface area (Å²) in [6.45, 7) is 7.11. The summed E-state index contributed by atoms with van der Waals surface area (Å²) in [5, 5.41) is 0. The van der Waals surface area contributed by atoms with E-state index >= 15 is 0 Å². The first-order valence-corrected chi connectivity index (χ1v) is 9.45. The molecule has 0 nitrogen and oxygen atoms in total. The maximum absolute atomic E-state index is 2.40. The minimum Gasteiger partial charge on any atom is -0.0654 e. The molecule has 1 aliphatic rings. The van der Waals surface area contributed by atoms with Crippen LogP contribution in [0.5, 0.6) is 0 Å². The number of unbranched alkanes of at least 4 members (excludes halogenated alkanes) is 2. The van der Waals surface area contributed by atoms with Crippen LogP contribution in [0.3, 0.4) is 0 Å². The average molecular weight is 306 g/mol. The molecular weight excluding hydrogens is 276 g/mol. The summed E-state index contributed by atoms with van der Waals surface area (Å²) < 4.78 is 0. The highest BCUT2D eigenvalue weighted by atomic mass is 14.5. The van der Waals surface area contributed by atoms with Gasteiger partial charge in [-0.25, -0.2) is 0 Å². The Hall–Kier alpha value is -1.56. The number of hydrogen-bond donors (Lipinski definition) is 0. The number of rotatable bonds is 7. The van der Waals surface area contributed by atoms with Gasteiger partial charge in [0.15, 0.2) is 0 Å². The highest BCUT2D eigenvalue weighted by Gasteiger charge is 2.42. The van der Waals surface area contributed by atoms with E-state index in [4.69, 9.17) is 0 Å². The molecule has 0 aliphatic heterocycles. The van der Waals surface area contributed by atoms with Gasteiger partial charge in [-0.1, -0.05) is 88.6 Å². The van der Waals surface area contributed by atoms with Gasteiger partial charge in [0.05, 0.1) is 0 Å². The van der Waals surface area contributed by atoms with Gasteiger partial charge in [-0.15, -0.1) is 0 Å². The Morgan fingerprint density at radius 3 is 1.74 bits per heavy atom.